The van der Waals surface area contributed by atoms with Crippen LogP contribution in [0.15, 0.2) is 40.5 Å². The molecule has 2 rings (SSSR count). The summed E-state index contributed by atoms with van der Waals surface area (Å²) in [7, 11) is 1.81. The molecule has 0 spiro atoms. The number of hydrogen-bond donors (Lipinski definition) is 2. The third kappa shape index (κ3) is 8.09. The monoisotopic (exact) mass is 544 g/mol. The molecule has 0 bridgehead atoms. The minimum atomic E-state index is 0. The Morgan fingerprint density at radius 3 is 2.47 bits per heavy atom. The molecule has 30 heavy (non-hydrogen) atoms. The van der Waals surface area contributed by atoms with E-state index >= 15 is 0 Å². The Bertz CT molecular complexity index is 773. The SMILES string of the molecule is CN=C(NCCCc1nnc(SC)n1CC(C)C)NCC(C)(C)c1ccccc1.I. The molecule has 0 unspecified atom stereocenters. The van der Waals surface area contributed by atoms with Gasteiger partial charge in [0, 0.05) is 38.5 Å². The van der Waals surface area contributed by atoms with Gasteiger partial charge in [-0.15, -0.1) is 34.2 Å². The average molecular weight is 545 g/mol. The van der Waals surface area contributed by atoms with E-state index in [1.165, 1.54) is 5.56 Å². The second kappa shape index (κ2) is 13.2. The topological polar surface area (TPSA) is 67.1 Å². The van der Waals surface area contributed by atoms with Crippen LogP contribution < -0.4 is 10.6 Å². The number of guanidine groups is 1. The molecule has 0 saturated heterocycles. The van der Waals surface area contributed by atoms with Gasteiger partial charge in [0.1, 0.15) is 5.82 Å². The van der Waals surface area contributed by atoms with Crippen LogP contribution in [-0.2, 0) is 18.4 Å². The molecule has 0 radical (unpaired) electrons. The van der Waals surface area contributed by atoms with Crippen molar-refractivity contribution < 1.29 is 0 Å². The lowest BCUT2D eigenvalue weighted by molar-refractivity contribution is 0.477. The third-order valence-electron chi connectivity index (χ3n) is 4.87. The Morgan fingerprint density at radius 2 is 1.87 bits per heavy atom. The van der Waals surface area contributed by atoms with E-state index in [4.69, 9.17) is 0 Å². The van der Waals surface area contributed by atoms with E-state index in [1.54, 1.807) is 11.8 Å². The van der Waals surface area contributed by atoms with E-state index in [-0.39, 0.29) is 29.4 Å². The molecular weight excluding hydrogens is 507 g/mol. The van der Waals surface area contributed by atoms with Crippen molar-refractivity contribution in [3.05, 3.63) is 41.7 Å². The molecule has 6 nitrogen and oxygen atoms in total. The highest BCUT2D eigenvalue weighted by Gasteiger charge is 2.20. The van der Waals surface area contributed by atoms with Gasteiger partial charge in [-0.2, -0.15) is 0 Å². The number of hydrogen-bond acceptors (Lipinski definition) is 4. The molecule has 0 aliphatic heterocycles. The lowest BCUT2D eigenvalue weighted by Crippen LogP contribution is -2.43. The van der Waals surface area contributed by atoms with Crippen molar-refractivity contribution >= 4 is 41.7 Å². The number of benzene rings is 1. The Kier molecular flexibility index (Phi) is 11.8. The fourth-order valence-electron chi connectivity index (χ4n) is 3.17. The fourth-order valence-corrected chi connectivity index (χ4v) is 3.70. The fraction of sp³-hybridized carbons (Fsp3) is 0.591. The summed E-state index contributed by atoms with van der Waals surface area (Å²) >= 11 is 1.66. The molecule has 0 atom stereocenters. The largest absolute Gasteiger partial charge is 0.356 e. The van der Waals surface area contributed by atoms with Gasteiger partial charge < -0.3 is 15.2 Å². The molecule has 1 aromatic carbocycles. The van der Waals surface area contributed by atoms with E-state index in [0.29, 0.717) is 5.92 Å². The Balaban J connectivity index is 0.00000450. The van der Waals surface area contributed by atoms with E-state index in [2.05, 4.69) is 94.7 Å². The first-order chi connectivity index (χ1) is 13.9. The van der Waals surface area contributed by atoms with Crippen molar-refractivity contribution in [2.75, 3.05) is 26.4 Å². The Hall–Kier alpha value is -1.29. The van der Waals surface area contributed by atoms with Crippen LogP contribution in [0.1, 0.15) is 45.5 Å². The zero-order valence-corrected chi connectivity index (χ0v) is 22.3. The van der Waals surface area contributed by atoms with Gasteiger partial charge >= 0.3 is 0 Å². The van der Waals surface area contributed by atoms with Crippen molar-refractivity contribution in [1.29, 1.82) is 0 Å². The van der Waals surface area contributed by atoms with Crippen LogP contribution in [0.25, 0.3) is 0 Å². The molecule has 8 heteroatoms. The van der Waals surface area contributed by atoms with Gasteiger partial charge in [0.05, 0.1) is 0 Å². The van der Waals surface area contributed by atoms with Crippen LogP contribution in [-0.4, -0.2) is 47.1 Å². The van der Waals surface area contributed by atoms with Crippen LogP contribution in [0.3, 0.4) is 0 Å². The smallest absolute Gasteiger partial charge is 0.191 e. The minimum Gasteiger partial charge on any atom is -0.356 e. The first kappa shape index (κ1) is 26.7. The van der Waals surface area contributed by atoms with Gasteiger partial charge in [-0.25, -0.2) is 0 Å². The van der Waals surface area contributed by atoms with Crippen LogP contribution in [0.2, 0.25) is 0 Å². The molecule has 0 aliphatic carbocycles. The summed E-state index contributed by atoms with van der Waals surface area (Å²) in [5.74, 6) is 2.48. The van der Waals surface area contributed by atoms with Crippen LogP contribution in [0.5, 0.6) is 0 Å². The zero-order valence-electron chi connectivity index (χ0n) is 19.1. The highest BCUT2D eigenvalue weighted by Crippen LogP contribution is 2.21. The van der Waals surface area contributed by atoms with Gasteiger partial charge in [0.2, 0.25) is 0 Å². The maximum atomic E-state index is 4.40. The summed E-state index contributed by atoms with van der Waals surface area (Å²) in [6, 6.07) is 10.6. The highest BCUT2D eigenvalue weighted by atomic mass is 127. The minimum absolute atomic E-state index is 0. The van der Waals surface area contributed by atoms with Gasteiger partial charge in [-0.3, -0.25) is 4.99 Å². The summed E-state index contributed by atoms with van der Waals surface area (Å²) in [6.07, 6.45) is 3.94. The van der Waals surface area contributed by atoms with Crippen LogP contribution in [0.4, 0.5) is 0 Å². The summed E-state index contributed by atoms with van der Waals surface area (Å²) in [5, 5.41) is 16.6. The first-order valence-corrected chi connectivity index (χ1v) is 11.6. The number of aromatic nitrogens is 3. The number of halogens is 1. The zero-order chi connectivity index (χ0) is 21.3. The molecular formula is C22H37IN6S. The molecule has 0 saturated carbocycles. The summed E-state index contributed by atoms with van der Waals surface area (Å²) in [5.41, 5.74) is 1.34. The van der Waals surface area contributed by atoms with Gasteiger partial charge in [-0.05, 0) is 24.2 Å². The van der Waals surface area contributed by atoms with Crippen molar-refractivity contribution in [1.82, 2.24) is 25.4 Å². The summed E-state index contributed by atoms with van der Waals surface area (Å²) in [6.45, 7) is 11.6. The number of aliphatic imine (C=N–C) groups is 1. The second-order valence-electron chi connectivity index (χ2n) is 8.31. The number of aryl methyl sites for hydroxylation is 1. The van der Waals surface area contributed by atoms with E-state index < -0.39 is 0 Å². The molecule has 1 aromatic heterocycles. The average Bonchev–Trinajstić information content (AvgIpc) is 3.09. The van der Waals surface area contributed by atoms with E-state index in [1.807, 2.05) is 7.05 Å². The third-order valence-corrected chi connectivity index (χ3v) is 5.54. The highest BCUT2D eigenvalue weighted by molar-refractivity contribution is 14.0. The molecule has 0 amide bonds. The number of nitrogens with zero attached hydrogens (tertiary/aromatic N) is 4. The van der Waals surface area contributed by atoms with Crippen molar-refractivity contribution in [2.24, 2.45) is 10.9 Å². The van der Waals surface area contributed by atoms with Crippen molar-refractivity contribution in [3.8, 4) is 0 Å². The number of nitrogens with one attached hydrogen (secondary N) is 2. The van der Waals surface area contributed by atoms with Crippen LogP contribution in [0, 0.1) is 5.92 Å². The lowest BCUT2D eigenvalue weighted by atomic mass is 9.85. The molecule has 1 heterocycles. The van der Waals surface area contributed by atoms with Crippen LogP contribution >= 0.6 is 35.7 Å². The van der Waals surface area contributed by atoms with Gasteiger partial charge in [0.25, 0.3) is 0 Å². The summed E-state index contributed by atoms with van der Waals surface area (Å²) in [4.78, 5) is 4.36. The number of rotatable bonds is 10. The Morgan fingerprint density at radius 1 is 1.17 bits per heavy atom. The van der Waals surface area contributed by atoms with Crippen molar-refractivity contribution in [2.45, 2.75) is 57.7 Å². The van der Waals surface area contributed by atoms with E-state index in [9.17, 15) is 0 Å². The quantitative estimate of drug-likeness (QED) is 0.153. The standard InChI is InChI=1S/C22H36N6S.HI/c1-17(2)15-28-19(26-27-21(28)29-6)13-10-14-24-20(23-5)25-16-22(3,4)18-11-8-7-9-12-18;/h7-9,11-12,17H,10,13-16H2,1-6H3,(H2,23,24,25);1H. The second-order valence-corrected chi connectivity index (χ2v) is 9.09. The van der Waals surface area contributed by atoms with Gasteiger partial charge in [0.15, 0.2) is 11.1 Å². The molecule has 2 aromatic rings. The molecule has 168 valence electrons. The van der Waals surface area contributed by atoms with Gasteiger partial charge in [-0.1, -0.05) is 69.8 Å². The molecule has 0 fully saturated rings. The number of thioether (sulfide) groups is 1. The summed E-state index contributed by atoms with van der Waals surface area (Å²) < 4.78 is 2.25. The molecule has 0 aliphatic rings. The maximum absolute atomic E-state index is 4.40. The first-order valence-electron chi connectivity index (χ1n) is 10.3. The maximum Gasteiger partial charge on any atom is 0.191 e. The normalized spacial score (nSPS) is 12.0. The lowest BCUT2D eigenvalue weighted by Gasteiger charge is -2.26. The molecule has 2 N–H and O–H groups in total. The predicted octanol–water partition coefficient (Wildman–Crippen LogP) is 4.35. The Labute approximate surface area is 203 Å². The van der Waals surface area contributed by atoms with Crippen molar-refractivity contribution in [3.63, 3.8) is 0 Å². The predicted molar refractivity (Wildman–Crippen MR) is 139 cm³/mol. The van der Waals surface area contributed by atoms with E-state index in [0.717, 1.165) is 49.4 Å².